The average Bonchev–Trinajstić information content (AvgIpc) is 3.01. The molecule has 0 bridgehead atoms. The summed E-state index contributed by atoms with van der Waals surface area (Å²) in [5.74, 6) is 1.12. The van der Waals surface area contributed by atoms with Crippen LogP contribution in [0.3, 0.4) is 0 Å². The minimum absolute atomic E-state index is 0.0548. The van der Waals surface area contributed by atoms with Crippen molar-refractivity contribution >= 4 is 35.1 Å². The number of hydrogen-bond acceptors (Lipinski definition) is 5. The summed E-state index contributed by atoms with van der Waals surface area (Å²) in [5.41, 5.74) is 2.00. The molecule has 1 aromatic heterocycles. The van der Waals surface area contributed by atoms with Crippen LogP contribution in [-0.4, -0.2) is 32.7 Å². The molecular formula is C19H20N4OS2. The van der Waals surface area contributed by atoms with Crippen LogP contribution in [0.2, 0.25) is 0 Å². The third kappa shape index (κ3) is 4.89. The fourth-order valence-corrected chi connectivity index (χ4v) is 3.62. The monoisotopic (exact) mass is 384 g/mol. The van der Waals surface area contributed by atoms with Crippen LogP contribution in [0.1, 0.15) is 11.4 Å². The van der Waals surface area contributed by atoms with Crippen molar-refractivity contribution < 1.29 is 4.79 Å². The van der Waals surface area contributed by atoms with Crippen molar-refractivity contribution in [2.75, 3.05) is 17.3 Å². The van der Waals surface area contributed by atoms with Crippen LogP contribution in [0.4, 0.5) is 5.69 Å². The van der Waals surface area contributed by atoms with Gasteiger partial charge in [0.1, 0.15) is 5.82 Å². The van der Waals surface area contributed by atoms with Crippen LogP contribution in [0, 0.1) is 0 Å². The highest BCUT2D eigenvalue weighted by atomic mass is 32.2. The first-order valence-electron chi connectivity index (χ1n) is 8.14. The van der Waals surface area contributed by atoms with E-state index in [1.807, 2.05) is 60.3 Å². The van der Waals surface area contributed by atoms with Gasteiger partial charge < -0.3 is 9.88 Å². The van der Waals surface area contributed by atoms with Gasteiger partial charge in [0.25, 0.3) is 0 Å². The Morgan fingerprint density at radius 2 is 1.92 bits per heavy atom. The Morgan fingerprint density at radius 3 is 2.69 bits per heavy atom. The van der Waals surface area contributed by atoms with E-state index in [0.29, 0.717) is 5.75 Å². The Morgan fingerprint density at radius 1 is 1.12 bits per heavy atom. The number of carbonyl (C=O) groups excluding carboxylic acids is 1. The summed E-state index contributed by atoms with van der Waals surface area (Å²) < 4.78 is 1.94. The lowest BCUT2D eigenvalue weighted by Crippen LogP contribution is -2.14. The second-order valence-electron chi connectivity index (χ2n) is 5.69. The van der Waals surface area contributed by atoms with E-state index >= 15 is 0 Å². The normalized spacial score (nSPS) is 10.7. The van der Waals surface area contributed by atoms with Crippen LogP contribution in [0.5, 0.6) is 0 Å². The highest BCUT2D eigenvalue weighted by Crippen LogP contribution is 2.20. The summed E-state index contributed by atoms with van der Waals surface area (Å²) in [4.78, 5) is 13.3. The largest absolute Gasteiger partial charge is 0.325 e. The van der Waals surface area contributed by atoms with Gasteiger partial charge in [0.15, 0.2) is 5.16 Å². The van der Waals surface area contributed by atoms with Crippen molar-refractivity contribution in [3.8, 4) is 0 Å². The Balaban J connectivity index is 1.57. The molecule has 0 aliphatic carbocycles. The van der Waals surface area contributed by atoms with Crippen LogP contribution in [0.25, 0.3) is 0 Å². The minimum atomic E-state index is -0.0548. The SMILES string of the molecule is CSc1cccc(NC(=O)CSc2nnc(Cc3ccccc3)n2C)c1. The summed E-state index contributed by atoms with van der Waals surface area (Å²) in [5, 5.41) is 12.1. The van der Waals surface area contributed by atoms with Crippen LogP contribution in [0.15, 0.2) is 64.6 Å². The Bertz CT molecular complexity index is 880. The van der Waals surface area contributed by atoms with E-state index in [1.54, 1.807) is 11.8 Å². The number of nitrogens with zero attached hydrogens (tertiary/aromatic N) is 3. The quantitative estimate of drug-likeness (QED) is 0.627. The molecule has 5 nitrogen and oxygen atoms in total. The smallest absolute Gasteiger partial charge is 0.234 e. The minimum Gasteiger partial charge on any atom is -0.325 e. The zero-order valence-corrected chi connectivity index (χ0v) is 16.3. The number of benzene rings is 2. The van der Waals surface area contributed by atoms with Crippen molar-refractivity contribution in [2.45, 2.75) is 16.5 Å². The fourth-order valence-electron chi connectivity index (χ4n) is 2.43. The van der Waals surface area contributed by atoms with Crippen molar-refractivity contribution in [1.29, 1.82) is 0 Å². The lowest BCUT2D eigenvalue weighted by molar-refractivity contribution is -0.113. The van der Waals surface area contributed by atoms with Gasteiger partial charge in [0.2, 0.25) is 5.91 Å². The van der Waals surface area contributed by atoms with Crippen molar-refractivity contribution in [2.24, 2.45) is 7.05 Å². The molecule has 26 heavy (non-hydrogen) atoms. The molecule has 7 heteroatoms. The van der Waals surface area contributed by atoms with Crippen LogP contribution in [-0.2, 0) is 18.3 Å². The number of amides is 1. The first-order valence-corrected chi connectivity index (χ1v) is 10.4. The van der Waals surface area contributed by atoms with Crippen molar-refractivity contribution in [3.05, 3.63) is 66.0 Å². The number of rotatable bonds is 7. The van der Waals surface area contributed by atoms with Gasteiger partial charge in [-0.3, -0.25) is 4.79 Å². The maximum Gasteiger partial charge on any atom is 0.234 e. The fraction of sp³-hybridized carbons (Fsp3) is 0.211. The standard InChI is InChI=1S/C19H20N4OS2/c1-23-17(11-14-7-4-3-5-8-14)21-22-19(23)26-13-18(24)20-15-9-6-10-16(12-15)25-2/h3-10,12H,11,13H2,1-2H3,(H,20,24). The molecule has 3 rings (SSSR count). The predicted molar refractivity (Wildman–Crippen MR) is 108 cm³/mol. The molecule has 0 saturated carbocycles. The summed E-state index contributed by atoms with van der Waals surface area (Å²) in [6.07, 6.45) is 2.73. The maximum absolute atomic E-state index is 12.2. The molecule has 0 atom stereocenters. The van der Waals surface area contributed by atoms with Gasteiger partial charge in [0, 0.05) is 24.1 Å². The molecule has 0 saturated heterocycles. The molecule has 0 aliphatic rings. The summed E-state index contributed by atoms with van der Waals surface area (Å²) in [6, 6.07) is 18.0. The molecule has 0 fully saturated rings. The second kappa shape index (κ2) is 8.91. The van der Waals surface area contributed by atoms with Crippen molar-refractivity contribution in [3.63, 3.8) is 0 Å². The molecule has 134 valence electrons. The summed E-state index contributed by atoms with van der Waals surface area (Å²) in [6.45, 7) is 0. The summed E-state index contributed by atoms with van der Waals surface area (Å²) in [7, 11) is 1.93. The molecule has 2 aromatic carbocycles. The molecular weight excluding hydrogens is 364 g/mol. The van der Waals surface area contributed by atoms with Gasteiger partial charge in [-0.15, -0.1) is 22.0 Å². The van der Waals surface area contributed by atoms with E-state index in [9.17, 15) is 4.79 Å². The molecule has 0 spiro atoms. The lowest BCUT2D eigenvalue weighted by Gasteiger charge is -2.07. The van der Waals surface area contributed by atoms with Crippen LogP contribution < -0.4 is 5.32 Å². The average molecular weight is 385 g/mol. The Hall–Kier alpha value is -2.25. The zero-order chi connectivity index (χ0) is 18.4. The zero-order valence-electron chi connectivity index (χ0n) is 14.7. The van der Waals surface area contributed by atoms with E-state index in [2.05, 4.69) is 27.6 Å². The Labute approximate surface area is 161 Å². The summed E-state index contributed by atoms with van der Waals surface area (Å²) >= 11 is 3.04. The van der Waals surface area contributed by atoms with E-state index < -0.39 is 0 Å². The van der Waals surface area contributed by atoms with E-state index in [-0.39, 0.29) is 5.91 Å². The highest BCUT2D eigenvalue weighted by Gasteiger charge is 2.12. The number of carbonyl (C=O) groups is 1. The van der Waals surface area contributed by atoms with Gasteiger partial charge >= 0.3 is 0 Å². The van der Waals surface area contributed by atoms with Gasteiger partial charge in [0.05, 0.1) is 5.75 Å². The van der Waals surface area contributed by atoms with Crippen LogP contribution >= 0.6 is 23.5 Å². The molecule has 1 heterocycles. The van der Waals surface area contributed by atoms with E-state index in [0.717, 1.165) is 28.0 Å². The van der Waals surface area contributed by atoms with Gasteiger partial charge in [-0.2, -0.15) is 0 Å². The molecule has 0 radical (unpaired) electrons. The van der Waals surface area contributed by atoms with E-state index in [4.69, 9.17) is 0 Å². The number of hydrogen-bond donors (Lipinski definition) is 1. The van der Waals surface area contributed by atoms with Crippen molar-refractivity contribution in [1.82, 2.24) is 14.8 Å². The maximum atomic E-state index is 12.2. The molecule has 0 unspecified atom stereocenters. The van der Waals surface area contributed by atoms with Gasteiger partial charge in [-0.1, -0.05) is 48.2 Å². The molecule has 0 aliphatic heterocycles. The van der Waals surface area contributed by atoms with Gasteiger partial charge in [-0.05, 0) is 30.0 Å². The molecule has 1 N–H and O–H groups in total. The number of thioether (sulfide) groups is 2. The highest BCUT2D eigenvalue weighted by molar-refractivity contribution is 7.99. The third-order valence-corrected chi connectivity index (χ3v) is 5.56. The first kappa shape index (κ1) is 18.5. The third-order valence-electron chi connectivity index (χ3n) is 3.82. The van der Waals surface area contributed by atoms with E-state index in [1.165, 1.54) is 17.3 Å². The predicted octanol–water partition coefficient (Wildman–Crippen LogP) is 3.86. The molecule has 1 amide bonds. The van der Waals surface area contributed by atoms with Gasteiger partial charge in [-0.25, -0.2) is 0 Å². The lowest BCUT2D eigenvalue weighted by atomic mass is 10.1. The topological polar surface area (TPSA) is 59.8 Å². The first-order chi connectivity index (χ1) is 12.7. The second-order valence-corrected chi connectivity index (χ2v) is 7.51. The number of aromatic nitrogens is 3. The molecule has 3 aromatic rings. The number of anilines is 1. The number of nitrogens with one attached hydrogen (secondary N) is 1. The Kier molecular flexibility index (Phi) is 6.35.